The Bertz CT molecular complexity index is 908. The molecule has 0 saturated heterocycles. The summed E-state index contributed by atoms with van der Waals surface area (Å²) in [4.78, 5) is 37.6. The normalized spacial score (nSPS) is 44.4. The van der Waals surface area contributed by atoms with Crippen molar-refractivity contribution < 1.29 is 19.1 Å². The average Bonchev–Trinajstić information content (AvgIpc) is 2.91. The second kappa shape index (κ2) is 6.77. The third kappa shape index (κ3) is 2.55. The zero-order valence-electron chi connectivity index (χ0n) is 19.1. The topological polar surface area (TPSA) is 60.4 Å². The Morgan fingerprint density at radius 1 is 1.17 bits per heavy atom. The molecule has 0 amide bonds. The second-order valence-electron chi connectivity index (χ2n) is 10.4. The van der Waals surface area contributed by atoms with Crippen LogP contribution in [0.3, 0.4) is 0 Å². The number of carbonyl (C=O) groups is 3. The van der Waals surface area contributed by atoms with E-state index in [2.05, 4.69) is 39.8 Å². The molecule has 4 heteroatoms. The molecule has 7 atom stereocenters. The van der Waals surface area contributed by atoms with E-state index in [4.69, 9.17) is 4.74 Å². The fourth-order valence-electron chi connectivity index (χ4n) is 7.55. The van der Waals surface area contributed by atoms with Crippen molar-refractivity contribution in [2.75, 3.05) is 0 Å². The van der Waals surface area contributed by atoms with E-state index < -0.39 is 11.0 Å². The summed E-state index contributed by atoms with van der Waals surface area (Å²) in [5.41, 5.74) is 0.880. The molecule has 0 bridgehead atoms. The zero-order valence-corrected chi connectivity index (χ0v) is 19.1. The predicted octanol–water partition coefficient (Wildman–Crippen LogP) is 4.99. The summed E-state index contributed by atoms with van der Waals surface area (Å²) < 4.78 is 6.06. The van der Waals surface area contributed by atoms with E-state index in [-0.39, 0.29) is 41.2 Å². The van der Waals surface area contributed by atoms with Crippen molar-refractivity contribution in [2.24, 2.45) is 34.5 Å². The lowest BCUT2D eigenvalue weighted by Crippen LogP contribution is -2.58. The Labute approximate surface area is 179 Å². The first-order chi connectivity index (χ1) is 14.0. The maximum Gasteiger partial charge on any atom is 0.306 e. The van der Waals surface area contributed by atoms with Crippen LogP contribution in [0.25, 0.3) is 0 Å². The van der Waals surface area contributed by atoms with Gasteiger partial charge in [-0.1, -0.05) is 45.4 Å². The number of esters is 1. The van der Waals surface area contributed by atoms with Crippen molar-refractivity contribution in [3.63, 3.8) is 0 Å². The van der Waals surface area contributed by atoms with Crippen LogP contribution >= 0.6 is 0 Å². The number of hydrogen-bond acceptors (Lipinski definition) is 4. The van der Waals surface area contributed by atoms with Crippen molar-refractivity contribution in [1.29, 1.82) is 0 Å². The molecule has 0 aromatic rings. The lowest BCUT2D eigenvalue weighted by molar-refractivity contribution is -0.187. The largest absolute Gasteiger partial charge is 0.450 e. The van der Waals surface area contributed by atoms with Crippen LogP contribution in [0.4, 0.5) is 0 Å². The van der Waals surface area contributed by atoms with Crippen LogP contribution < -0.4 is 0 Å². The van der Waals surface area contributed by atoms with Gasteiger partial charge in [-0.2, -0.15) is 0 Å². The Kier molecular flexibility index (Phi) is 4.80. The van der Waals surface area contributed by atoms with Crippen LogP contribution in [0.5, 0.6) is 0 Å². The summed E-state index contributed by atoms with van der Waals surface area (Å²) in [6.45, 7) is 12.1. The fraction of sp³-hybridized carbons (Fsp3) is 0.654. The van der Waals surface area contributed by atoms with E-state index in [1.807, 2.05) is 6.08 Å². The maximum atomic E-state index is 13.1. The molecule has 30 heavy (non-hydrogen) atoms. The van der Waals surface area contributed by atoms with Gasteiger partial charge in [-0.15, -0.1) is 0 Å². The van der Waals surface area contributed by atoms with Gasteiger partial charge in [0.05, 0.1) is 0 Å². The standard InChI is InChI=1S/C26H34O4/c1-7-23(29)30-26(17(4)27)16(3)13-22-19-12-15(2)21-14-18(28)8-10-24(21,5)20(19)9-11-25(22,26)6/h8-10,14-16,19,22H,7,11-13H2,1-6H3/t15-,16-,19+,22-,24+,25-,26-/m0/s1. The van der Waals surface area contributed by atoms with Crippen LogP contribution in [-0.2, 0) is 19.1 Å². The molecule has 4 aliphatic carbocycles. The quantitative estimate of drug-likeness (QED) is 0.486. The number of hydrogen-bond donors (Lipinski definition) is 0. The number of carbonyl (C=O) groups excluding carboxylic acids is 3. The van der Waals surface area contributed by atoms with Gasteiger partial charge in [0, 0.05) is 23.2 Å². The van der Waals surface area contributed by atoms with Gasteiger partial charge < -0.3 is 4.74 Å². The molecule has 0 aromatic heterocycles. The Balaban J connectivity index is 1.83. The molecule has 2 fully saturated rings. The summed E-state index contributed by atoms with van der Waals surface area (Å²) in [5.74, 6) is 0.626. The SMILES string of the molecule is CCC(=O)O[C@]1(C(C)=O)[C@@H](C)C[C@H]2[C@@H]3C[C@H](C)C4=CC(=O)C=C[C@]4(C)C3=CC[C@@]21C. The number of allylic oxidation sites excluding steroid dienone is 6. The molecular weight excluding hydrogens is 376 g/mol. The summed E-state index contributed by atoms with van der Waals surface area (Å²) in [5, 5.41) is 0. The second-order valence-corrected chi connectivity index (χ2v) is 10.4. The van der Waals surface area contributed by atoms with Crippen LogP contribution in [0.2, 0.25) is 0 Å². The number of rotatable bonds is 3. The summed E-state index contributed by atoms with van der Waals surface area (Å²) in [6, 6.07) is 0. The van der Waals surface area contributed by atoms with Crippen molar-refractivity contribution in [3.8, 4) is 0 Å². The molecule has 0 spiro atoms. The van der Waals surface area contributed by atoms with Crippen molar-refractivity contribution >= 4 is 17.5 Å². The van der Waals surface area contributed by atoms with Gasteiger partial charge in [-0.05, 0) is 68.6 Å². The molecule has 0 aliphatic heterocycles. The van der Waals surface area contributed by atoms with Gasteiger partial charge >= 0.3 is 5.97 Å². The minimum Gasteiger partial charge on any atom is -0.450 e. The molecule has 0 heterocycles. The van der Waals surface area contributed by atoms with E-state index in [0.717, 1.165) is 12.8 Å². The highest BCUT2D eigenvalue weighted by Gasteiger charge is 2.69. The van der Waals surface area contributed by atoms with Crippen LogP contribution in [0.1, 0.15) is 67.2 Å². The average molecular weight is 411 g/mol. The third-order valence-electron chi connectivity index (χ3n) is 8.90. The monoisotopic (exact) mass is 410 g/mol. The van der Waals surface area contributed by atoms with Crippen LogP contribution in [-0.4, -0.2) is 23.1 Å². The predicted molar refractivity (Wildman–Crippen MR) is 115 cm³/mol. The first-order valence-electron chi connectivity index (χ1n) is 11.4. The van der Waals surface area contributed by atoms with Crippen LogP contribution in [0.15, 0.2) is 35.5 Å². The minimum absolute atomic E-state index is 0.0169. The van der Waals surface area contributed by atoms with E-state index in [9.17, 15) is 14.4 Å². The van der Waals surface area contributed by atoms with E-state index in [1.54, 1.807) is 19.9 Å². The first kappa shape index (κ1) is 21.3. The number of ether oxygens (including phenoxy) is 1. The van der Waals surface area contributed by atoms with Crippen LogP contribution in [0, 0.1) is 34.5 Å². The minimum atomic E-state index is -1.06. The molecule has 0 radical (unpaired) electrons. The van der Waals surface area contributed by atoms with Gasteiger partial charge in [0.25, 0.3) is 0 Å². The molecule has 162 valence electrons. The molecule has 4 aliphatic rings. The van der Waals surface area contributed by atoms with Gasteiger partial charge in [0.1, 0.15) is 0 Å². The highest BCUT2D eigenvalue weighted by Crippen LogP contribution is 2.68. The highest BCUT2D eigenvalue weighted by molar-refractivity contribution is 6.01. The van der Waals surface area contributed by atoms with E-state index in [1.165, 1.54) is 11.1 Å². The molecule has 2 saturated carbocycles. The first-order valence-corrected chi connectivity index (χ1v) is 11.4. The van der Waals surface area contributed by atoms with Crippen molar-refractivity contribution in [3.05, 3.63) is 35.5 Å². The molecule has 0 N–H and O–H groups in total. The molecule has 4 rings (SSSR count). The Morgan fingerprint density at radius 3 is 2.50 bits per heavy atom. The van der Waals surface area contributed by atoms with Gasteiger partial charge in [0.2, 0.25) is 0 Å². The highest BCUT2D eigenvalue weighted by atomic mass is 16.6. The number of ketones is 2. The van der Waals surface area contributed by atoms with E-state index in [0.29, 0.717) is 18.3 Å². The van der Waals surface area contributed by atoms with Gasteiger partial charge in [-0.25, -0.2) is 0 Å². The lowest BCUT2D eigenvalue weighted by atomic mass is 9.49. The Morgan fingerprint density at radius 2 is 1.87 bits per heavy atom. The van der Waals surface area contributed by atoms with E-state index >= 15 is 0 Å². The summed E-state index contributed by atoms with van der Waals surface area (Å²) >= 11 is 0. The van der Waals surface area contributed by atoms with Gasteiger partial charge in [-0.3, -0.25) is 14.4 Å². The van der Waals surface area contributed by atoms with Gasteiger partial charge in [0.15, 0.2) is 17.2 Å². The Hall–Kier alpha value is -1.97. The molecule has 0 aromatic carbocycles. The van der Waals surface area contributed by atoms with Crippen molar-refractivity contribution in [2.45, 2.75) is 72.8 Å². The van der Waals surface area contributed by atoms with Crippen molar-refractivity contribution in [1.82, 2.24) is 0 Å². The number of Topliss-reactive ketones (excluding diaryl/α,β-unsaturated/α-hetero) is 1. The summed E-state index contributed by atoms with van der Waals surface area (Å²) in [7, 11) is 0. The summed E-state index contributed by atoms with van der Waals surface area (Å²) in [6.07, 6.45) is 10.7. The third-order valence-corrected chi connectivity index (χ3v) is 8.90. The maximum absolute atomic E-state index is 13.1. The zero-order chi connectivity index (χ0) is 22.1. The molecule has 0 unspecified atom stereocenters. The fourth-order valence-corrected chi connectivity index (χ4v) is 7.55. The lowest BCUT2D eigenvalue weighted by Gasteiger charge is -2.55. The molecule has 4 nitrogen and oxygen atoms in total. The molecular formula is C26H34O4. The smallest absolute Gasteiger partial charge is 0.306 e. The number of fused-ring (bicyclic) bond motifs is 5.